The molecule has 1 aliphatic heterocycles. The predicted octanol–water partition coefficient (Wildman–Crippen LogP) is 2.27. The Kier molecular flexibility index (Phi) is 3.58. The fraction of sp³-hybridized carbons (Fsp3) is 0.133. The lowest BCUT2D eigenvalue weighted by Crippen LogP contribution is -2.23. The average molecular weight is 301 g/mol. The quantitative estimate of drug-likeness (QED) is 0.864. The third-order valence-electron chi connectivity index (χ3n) is 3.27. The molecule has 0 saturated heterocycles. The van der Waals surface area contributed by atoms with Crippen LogP contribution in [0.15, 0.2) is 36.5 Å². The van der Waals surface area contributed by atoms with Gasteiger partial charge < -0.3 is 10.6 Å². The van der Waals surface area contributed by atoms with Gasteiger partial charge >= 0.3 is 0 Å². The van der Waals surface area contributed by atoms with Crippen LogP contribution in [0, 0.1) is 0 Å². The number of nitrogen functional groups attached to an aromatic ring is 1. The van der Waals surface area contributed by atoms with Crippen LogP contribution >= 0.6 is 11.6 Å². The molecule has 0 unspecified atom stereocenters. The Hall–Kier alpha value is -2.40. The lowest BCUT2D eigenvalue weighted by molar-refractivity contribution is -0.126. The van der Waals surface area contributed by atoms with Crippen LogP contribution in [0.25, 0.3) is 6.08 Å². The Morgan fingerprint density at radius 3 is 2.81 bits per heavy atom. The second-order valence-corrected chi connectivity index (χ2v) is 5.22. The van der Waals surface area contributed by atoms with Crippen LogP contribution in [0.3, 0.4) is 0 Å². The van der Waals surface area contributed by atoms with Crippen LogP contribution in [-0.2, 0) is 17.9 Å². The van der Waals surface area contributed by atoms with Crippen molar-refractivity contribution in [1.82, 2.24) is 14.9 Å². The van der Waals surface area contributed by atoms with E-state index in [0.717, 1.165) is 16.8 Å². The first-order valence-electron chi connectivity index (χ1n) is 6.44. The van der Waals surface area contributed by atoms with Crippen molar-refractivity contribution in [3.05, 3.63) is 58.4 Å². The number of anilines is 1. The molecule has 0 bridgehead atoms. The van der Waals surface area contributed by atoms with E-state index in [-0.39, 0.29) is 11.9 Å². The fourth-order valence-electron chi connectivity index (χ4n) is 2.17. The molecule has 3 rings (SSSR count). The maximum Gasteiger partial charge on any atom is 0.247 e. The molecule has 5 nitrogen and oxygen atoms in total. The van der Waals surface area contributed by atoms with E-state index in [0.29, 0.717) is 18.1 Å². The molecule has 0 spiro atoms. The van der Waals surface area contributed by atoms with Crippen LogP contribution in [-0.4, -0.2) is 20.8 Å². The van der Waals surface area contributed by atoms with Crippen molar-refractivity contribution < 1.29 is 4.79 Å². The van der Waals surface area contributed by atoms with Gasteiger partial charge in [-0.25, -0.2) is 9.97 Å². The summed E-state index contributed by atoms with van der Waals surface area (Å²) < 4.78 is 0. The number of hydrogen-bond acceptors (Lipinski definition) is 4. The zero-order valence-corrected chi connectivity index (χ0v) is 11.9. The van der Waals surface area contributed by atoms with E-state index < -0.39 is 0 Å². The molecule has 1 amide bonds. The second-order valence-electron chi connectivity index (χ2n) is 4.78. The summed E-state index contributed by atoms with van der Waals surface area (Å²) in [6.07, 6.45) is 4.99. The number of amides is 1. The van der Waals surface area contributed by atoms with E-state index in [9.17, 15) is 4.79 Å². The smallest absolute Gasteiger partial charge is 0.247 e. The van der Waals surface area contributed by atoms with E-state index in [1.54, 1.807) is 35.4 Å². The molecular formula is C15H13ClN4O. The minimum atomic E-state index is -0.0680. The van der Waals surface area contributed by atoms with Crippen molar-refractivity contribution in [1.29, 1.82) is 0 Å². The summed E-state index contributed by atoms with van der Waals surface area (Å²) >= 11 is 5.82. The van der Waals surface area contributed by atoms with Gasteiger partial charge in [-0.3, -0.25) is 4.79 Å². The zero-order chi connectivity index (χ0) is 14.8. The fourth-order valence-corrected chi connectivity index (χ4v) is 2.30. The Labute approximate surface area is 127 Å². The van der Waals surface area contributed by atoms with Gasteiger partial charge in [0, 0.05) is 29.4 Å². The van der Waals surface area contributed by atoms with Crippen molar-refractivity contribution in [3.8, 4) is 0 Å². The molecule has 106 valence electrons. The SMILES string of the molecule is Nc1ncc2c(n1)CN(C(=O)C=Cc1ccc(Cl)cc1)C2. The van der Waals surface area contributed by atoms with Gasteiger partial charge in [-0.15, -0.1) is 0 Å². The summed E-state index contributed by atoms with van der Waals surface area (Å²) in [7, 11) is 0. The number of hydrogen-bond donors (Lipinski definition) is 1. The first-order chi connectivity index (χ1) is 10.1. The average Bonchev–Trinajstić information content (AvgIpc) is 2.89. The topological polar surface area (TPSA) is 72.1 Å². The maximum atomic E-state index is 12.2. The number of nitrogens with two attached hydrogens (primary N) is 1. The highest BCUT2D eigenvalue weighted by molar-refractivity contribution is 6.30. The van der Waals surface area contributed by atoms with E-state index in [2.05, 4.69) is 9.97 Å². The summed E-state index contributed by atoms with van der Waals surface area (Å²) in [4.78, 5) is 22.0. The minimum absolute atomic E-state index is 0.0680. The van der Waals surface area contributed by atoms with Gasteiger partial charge in [-0.1, -0.05) is 23.7 Å². The lowest BCUT2D eigenvalue weighted by atomic mass is 10.2. The van der Waals surface area contributed by atoms with Gasteiger partial charge in [-0.05, 0) is 23.8 Å². The number of benzene rings is 1. The first kappa shape index (κ1) is 13.6. The van der Waals surface area contributed by atoms with Crippen molar-refractivity contribution in [2.45, 2.75) is 13.1 Å². The van der Waals surface area contributed by atoms with Crippen molar-refractivity contribution in [2.75, 3.05) is 5.73 Å². The third-order valence-corrected chi connectivity index (χ3v) is 3.53. The van der Waals surface area contributed by atoms with E-state index >= 15 is 0 Å². The molecule has 1 aromatic carbocycles. The maximum absolute atomic E-state index is 12.2. The van der Waals surface area contributed by atoms with Crippen LogP contribution in [0.5, 0.6) is 0 Å². The van der Waals surface area contributed by atoms with Crippen molar-refractivity contribution in [2.24, 2.45) is 0 Å². The van der Waals surface area contributed by atoms with E-state index in [1.807, 2.05) is 12.1 Å². The lowest BCUT2D eigenvalue weighted by Gasteiger charge is -2.11. The number of rotatable bonds is 2. The molecule has 21 heavy (non-hydrogen) atoms. The molecule has 1 aromatic heterocycles. The Morgan fingerprint density at radius 1 is 1.29 bits per heavy atom. The summed E-state index contributed by atoms with van der Waals surface area (Å²) in [6.45, 7) is 0.977. The van der Waals surface area contributed by atoms with Gasteiger partial charge in [0.2, 0.25) is 11.9 Å². The highest BCUT2D eigenvalue weighted by atomic mass is 35.5. The molecule has 0 aliphatic carbocycles. The summed E-state index contributed by atoms with van der Waals surface area (Å²) in [5, 5.41) is 0.671. The molecule has 1 aliphatic rings. The van der Waals surface area contributed by atoms with Crippen LogP contribution in [0.4, 0.5) is 5.95 Å². The van der Waals surface area contributed by atoms with Gasteiger partial charge in [0.1, 0.15) is 0 Å². The summed E-state index contributed by atoms with van der Waals surface area (Å²) in [5.74, 6) is 0.168. The zero-order valence-electron chi connectivity index (χ0n) is 11.2. The molecule has 0 radical (unpaired) electrons. The number of nitrogens with zero attached hydrogens (tertiary/aromatic N) is 3. The molecule has 6 heteroatoms. The number of halogens is 1. The third kappa shape index (κ3) is 3.03. The van der Waals surface area contributed by atoms with E-state index in [1.165, 1.54) is 0 Å². The summed E-state index contributed by atoms with van der Waals surface area (Å²) in [5.41, 5.74) is 8.23. The van der Waals surface area contributed by atoms with Crippen LogP contribution < -0.4 is 5.73 Å². The number of carbonyl (C=O) groups is 1. The molecule has 0 atom stereocenters. The van der Waals surface area contributed by atoms with Gasteiger partial charge in [-0.2, -0.15) is 0 Å². The highest BCUT2D eigenvalue weighted by Crippen LogP contribution is 2.21. The minimum Gasteiger partial charge on any atom is -0.368 e. The molecule has 2 heterocycles. The second kappa shape index (κ2) is 5.54. The standard InChI is InChI=1S/C15H13ClN4O/c16-12-4-1-10(2-5-12)3-6-14(21)20-8-11-7-18-15(17)19-13(11)9-20/h1-7H,8-9H2,(H2,17,18,19). The Bertz CT molecular complexity index is 712. The Balaban J connectivity index is 1.69. The van der Waals surface area contributed by atoms with Gasteiger partial charge in [0.15, 0.2) is 0 Å². The molecule has 0 saturated carbocycles. The normalized spacial score (nSPS) is 13.7. The first-order valence-corrected chi connectivity index (χ1v) is 6.82. The van der Waals surface area contributed by atoms with Crippen molar-refractivity contribution in [3.63, 3.8) is 0 Å². The van der Waals surface area contributed by atoms with E-state index in [4.69, 9.17) is 17.3 Å². The Morgan fingerprint density at radius 2 is 2.05 bits per heavy atom. The largest absolute Gasteiger partial charge is 0.368 e. The predicted molar refractivity (Wildman–Crippen MR) is 81.2 cm³/mol. The summed E-state index contributed by atoms with van der Waals surface area (Å²) in [6, 6.07) is 7.29. The monoisotopic (exact) mass is 300 g/mol. The molecule has 2 aromatic rings. The highest BCUT2D eigenvalue weighted by Gasteiger charge is 2.23. The van der Waals surface area contributed by atoms with Gasteiger partial charge in [0.25, 0.3) is 0 Å². The van der Waals surface area contributed by atoms with Gasteiger partial charge in [0.05, 0.1) is 12.2 Å². The molecular weight excluding hydrogens is 288 g/mol. The number of aromatic nitrogens is 2. The van der Waals surface area contributed by atoms with Crippen molar-refractivity contribution >= 4 is 29.5 Å². The molecule has 0 fully saturated rings. The number of carbonyl (C=O) groups excluding carboxylic acids is 1. The van der Waals surface area contributed by atoms with Crippen LogP contribution in [0.1, 0.15) is 16.8 Å². The van der Waals surface area contributed by atoms with Crippen LogP contribution in [0.2, 0.25) is 5.02 Å². The molecule has 2 N–H and O–H groups in total. The number of fused-ring (bicyclic) bond motifs is 1.